The molecule has 1 atom stereocenters. The fourth-order valence-electron chi connectivity index (χ4n) is 4.14. The van der Waals surface area contributed by atoms with Crippen molar-refractivity contribution in [2.45, 2.75) is 13.0 Å². The summed E-state index contributed by atoms with van der Waals surface area (Å²) in [4.78, 5) is 17.2. The topological polar surface area (TPSA) is 83.8 Å². The number of aryl methyl sites for hydroxylation is 1. The summed E-state index contributed by atoms with van der Waals surface area (Å²) in [5.41, 5.74) is 4.83. The van der Waals surface area contributed by atoms with Crippen molar-refractivity contribution in [3.8, 4) is 22.4 Å². The van der Waals surface area contributed by atoms with Gasteiger partial charge in [-0.2, -0.15) is 5.10 Å². The van der Waals surface area contributed by atoms with E-state index in [1.165, 1.54) is 28.8 Å². The number of nitrogens with one attached hydrogen (secondary N) is 1. The molecule has 2 N–H and O–H groups in total. The fraction of sp³-hybridized carbons (Fsp3) is 0.115. The van der Waals surface area contributed by atoms with E-state index in [9.17, 15) is 14.3 Å². The Morgan fingerprint density at radius 2 is 1.88 bits per heavy atom. The molecule has 0 fully saturated rings. The van der Waals surface area contributed by atoms with Gasteiger partial charge in [-0.15, -0.1) is 0 Å². The molecule has 0 saturated carbocycles. The lowest BCUT2D eigenvalue weighted by atomic mass is 10.0. The first-order chi connectivity index (χ1) is 16.4. The first kappa shape index (κ1) is 22.0. The molecule has 2 aromatic carbocycles. The number of aliphatic hydroxyl groups is 1. The highest BCUT2D eigenvalue weighted by Gasteiger charge is 2.19. The predicted molar refractivity (Wildman–Crippen MR) is 130 cm³/mol. The lowest BCUT2D eigenvalue weighted by Gasteiger charge is -2.19. The van der Waals surface area contributed by atoms with Crippen LogP contribution in [0.15, 0.2) is 77.9 Å². The third-order valence-corrected chi connectivity index (χ3v) is 6.08. The molecule has 34 heavy (non-hydrogen) atoms. The van der Waals surface area contributed by atoms with Gasteiger partial charge in [0.25, 0.3) is 5.56 Å². The molecule has 0 amide bonds. The number of aliphatic hydroxyl groups excluding tert-OH is 1. The number of benzene rings is 2. The Morgan fingerprint density at radius 3 is 2.65 bits per heavy atom. The molecule has 0 unspecified atom stereocenters. The number of hydrogen-bond acceptors (Lipinski definition) is 4. The van der Waals surface area contributed by atoms with Gasteiger partial charge in [0.2, 0.25) is 0 Å². The molecule has 0 saturated heterocycles. The highest BCUT2D eigenvalue weighted by molar-refractivity contribution is 6.30. The van der Waals surface area contributed by atoms with E-state index in [0.717, 1.165) is 33.4 Å². The van der Waals surface area contributed by atoms with E-state index in [-0.39, 0.29) is 11.1 Å². The standard InChI is InChI=1S/C26H20ClFN4O2/c1-15-10-18(6-8-29-15)26-21-11-16(2-5-23(21)30-31-26)17-7-9-32(25(34)12-17)24(14-33)20-13-19(27)3-4-22(20)28/h2-13,24,33H,14H2,1H3,(H,30,31)/t24-/m1/s1. The number of nitrogens with zero attached hydrogens (tertiary/aromatic N) is 3. The van der Waals surface area contributed by atoms with Crippen LogP contribution in [0.4, 0.5) is 4.39 Å². The molecule has 0 aliphatic rings. The van der Waals surface area contributed by atoms with Crippen LogP contribution >= 0.6 is 11.6 Å². The summed E-state index contributed by atoms with van der Waals surface area (Å²) < 4.78 is 15.7. The van der Waals surface area contributed by atoms with Gasteiger partial charge in [-0.25, -0.2) is 4.39 Å². The molecule has 0 aliphatic carbocycles. The van der Waals surface area contributed by atoms with E-state index in [1.807, 2.05) is 37.3 Å². The zero-order valence-corrected chi connectivity index (χ0v) is 18.9. The van der Waals surface area contributed by atoms with E-state index in [2.05, 4.69) is 15.2 Å². The molecule has 0 bridgehead atoms. The van der Waals surface area contributed by atoms with Gasteiger partial charge in [0, 0.05) is 45.7 Å². The maximum absolute atomic E-state index is 14.4. The Labute approximate surface area is 199 Å². The van der Waals surface area contributed by atoms with Gasteiger partial charge in [-0.3, -0.25) is 14.9 Å². The number of H-pyrrole nitrogens is 1. The summed E-state index contributed by atoms with van der Waals surface area (Å²) in [7, 11) is 0. The Hall–Kier alpha value is -3.81. The van der Waals surface area contributed by atoms with Gasteiger partial charge in [-0.05, 0) is 66.6 Å². The quantitative estimate of drug-likeness (QED) is 0.369. The molecule has 3 aromatic heterocycles. The molecule has 0 aliphatic heterocycles. The summed E-state index contributed by atoms with van der Waals surface area (Å²) in [5, 5.41) is 18.7. The van der Waals surface area contributed by atoms with Crippen molar-refractivity contribution in [3.05, 3.63) is 106 Å². The Kier molecular flexibility index (Phi) is 5.73. The van der Waals surface area contributed by atoms with Crippen molar-refractivity contribution in [3.63, 3.8) is 0 Å². The minimum absolute atomic E-state index is 0.155. The smallest absolute Gasteiger partial charge is 0.251 e. The maximum atomic E-state index is 14.4. The lowest BCUT2D eigenvalue weighted by molar-refractivity contribution is 0.244. The van der Waals surface area contributed by atoms with Crippen LogP contribution in [0.5, 0.6) is 0 Å². The molecule has 0 spiro atoms. The van der Waals surface area contributed by atoms with E-state index < -0.39 is 18.5 Å². The molecular weight excluding hydrogens is 455 g/mol. The number of rotatable bonds is 5. The number of aromatic nitrogens is 4. The minimum Gasteiger partial charge on any atom is -0.394 e. The van der Waals surface area contributed by atoms with Gasteiger partial charge >= 0.3 is 0 Å². The fourth-order valence-corrected chi connectivity index (χ4v) is 4.32. The summed E-state index contributed by atoms with van der Waals surface area (Å²) in [6, 6.07) is 16.1. The minimum atomic E-state index is -0.891. The molecule has 5 rings (SSSR count). The summed E-state index contributed by atoms with van der Waals surface area (Å²) in [5.74, 6) is -0.538. The Bertz CT molecular complexity index is 1580. The monoisotopic (exact) mass is 474 g/mol. The van der Waals surface area contributed by atoms with Gasteiger partial charge in [0.1, 0.15) is 11.5 Å². The van der Waals surface area contributed by atoms with Crippen LogP contribution in [0.3, 0.4) is 0 Å². The van der Waals surface area contributed by atoms with Crippen LogP contribution < -0.4 is 5.56 Å². The average Bonchev–Trinajstić information content (AvgIpc) is 3.26. The summed E-state index contributed by atoms with van der Waals surface area (Å²) in [6.45, 7) is 1.47. The van der Waals surface area contributed by atoms with Gasteiger partial charge < -0.3 is 9.67 Å². The number of pyridine rings is 2. The SMILES string of the molecule is Cc1cc(-c2n[nH]c3ccc(-c4ccn([C@H](CO)c5cc(Cl)ccc5F)c(=O)c4)cc23)ccn1. The van der Waals surface area contributed by atoms with Crippen molar-refractivity contribution in [1.82, 2.24) is 19.7 Å². The first-order valence-electron chi connectivity index (χ1n) is 10.6. The molecule has 3 heterocycles. The highest BCUT2D eigenvalue weighted by Crippen LogP contribution is 2.31. The van der Waals surface area contributed by atoms with Crippen molar-refractivity contribution < 1.29 is 9.50 Å². The van der Waals surface area contributed by atoms with Crippen molar-refractivity contribution in [2.75, 3.05) is 6.61 Å². The van der Waals surface area contributed by atoms with Gasteiger partial charge in [0.05, 0.1) is 18.2 Å². The zero-order chi connectivity index (χ0) is 23.8. The van der Waals surface area contributed by atoms with E-state index in [0.29, 0.717) is 10.6 Å². The number of fused-ring (bicyclic) bond motifs is 1. The summed E-state index contributed by atoms with van der Waals surface area (Å²) >= 11 is 6.01. The highest BCUT2D eigenvalue weighted by atomic mass is 35.5. The third kappa shape index (κ3) is 4.00. The van der Waals surface area contributed by atoms with E-state index in [4.69, 9.17) is 11.6 Å². The third-order valence-electron chi connectivity index (χ3n) is 5.84. The van der Waals surface area contributed by atoms with Crippen molar-refractivity contribution in [2.24, 2.45) is 0 Å². The molecule has 0 radical (unpaired) electrons. The lowest BCUT2D eigenvalue weighted by Crippen LogP contribution is -2.27. The van der Waals surface area contributed by atoms with Crippen molar-refractivity contribution >= 4 is 22.5 Å². The molecule has 6 nitrogen and oxygen atoms in total. The van der Waals surface area contributed by atoms with Gasteiger partial charge in [0.15, 0.2) is 0 Å². The molecular formula is C26H20ClFN4O2. The Morgan fingerprint density at radius 1 is 1.06 bits per heavy atom. The first-order valence-corrected chi connectivity index (χ1v) is 11.0. The molecule has 8 heteroatoms. The van der Waals surface area contributed by atoms with Crippen LogP contribution in [-0.2, 0) is 0 Å². The number of halogens is 2. The van der Waals surface area contributed by atoms with Crippen molar-refractivity contribution in [1.29, 1.82) is 0 Å². The largest absolute Gasteiger partial charge is 0.394 e. The Balaban J connectivity index is 1.56. The average molecular weight is 475 g/mol. The van der Waals surface area contributed by atoms with Crippen LogP contribution in [0.2, 0.25) is 5.02 Å². The normalized spacial score (nSPS) is 12.2. The second-order valence-electron chi connectivity index (χ2n) is 8.04. The second kappa shape index (κ2) is 8.85. The molecule has 170 valence electrons. The zero-order valence-electron chi connectivity index (χ0n) is 18.2. The maximum Gasteiger partial charge on any atom is 0.251 e. The number of hydrogen-bond donors (Lipinski definition) is 2. The van der Waals surface area contributed by atoms with Crippen LogP contribution in [0.1, 0.15) is 17.3 Å². The van der Waals surface area contributed by atoms with Crippen LogP contribution in [0.25, 0.3) is 33.3 Å². The van der Waals surface area contributed by atoms with Gasteiger partial charge in [-0.1, -0.05) is 17.7 Å². The number of aromatic amines is 1. The van der Waals surface area contributed by atoms with E-state index in [1.54, 1.807) is 18.5 Å². The second-order valence-corrected chi connectivity index (χ2v) is 8.48. The van der Waals surface area contributed by atoms with Crippen LogP contribution in [-0.4, -0.2) is 31.5 Å². The predicted octanol–water partition coefficient (Wildman–Crippen LogP) is 5.14. The summed E-state index contributed by atoms with van der Waals surface area (Å²) in [6.07, 6.45) is 3.31. The molecule has 5 aromatic rings. The van der Waals surface area contributed by atoms with Crippen LogP contribution in [0, 0.1) is 12.7 Å². The van der Waals surface area contributed by atoms with E-state index >= 15 is 0 Å².